The molecule has 3 aromatic rings. The van der Waals surface area contributed by atoms with E-state index in [1.807, 2.05) is 60.8 Å². The number of benzene rings is 3. The molecule has 1 N–H and O–H groups in total. The largest absolute Gasteiger partial charge is 0.352 e. The van der Waals surface area contributed by atoms with Gasteiger partial charge in [0.2, 0.25) is 0 Å². The number of para-hydroxylation sites is 2. The molecule has 1 aromatic heterocycles. The maximum Gasteiger partial charge on any atom is 0.0900 e. The maximum absolute atomic E-state index is 6.21. The Kier molecular flexibility index (Phi) is 7.26. The van der Waals surface area contributed by atoms with E-state index in [0.29, 0.717) is 11.6 Å². The van der Waals surface area contributed by atoms with Gasteiger partial charge in [-0.25, -0.2) is 4.98 Å². The Bertz CT molecular complexity index is 1490. The highest BCUT2D eigenvalue weighted by Gasteiger charge is 2.16. The third-order valence-electron chi connectivity index (χ3n) is 6.32. The van der Waals surface area contributed by atoms with Gasteiger partial charge in [0, 0.05) is 23.5 Å². The molecule has 0 bridgehead atoms. The highest BCUT2D eigenvalue weighted by molar-refractivity contribution is 6.30. The summed E-state index contributed by atoms with van der Waals surface area (Å²) in [5.74, 6) is 0. The predicted octanol–water partition coefficient (Wildman–Crippen LogP) is 6.16. The van der Waals surface area contributed by atoms with E-state index in [4.69, 9.17) is 21.6 Å². The minimum atomic E-state index is 0.705. The van der Waals surface area contributed by atoms with Crippen LogP contribution in [0.3, 0.4) is 0 Å². The first-order valence-corrected chi connectivity index (χ1v) is 12.7. The number of nitrogens with zero attached hydrogens (tertiary/aromatic N) is 5. The molecule has 2 heterocycles. The summed E-state index contributed by atoms with van der Waals surface area (Å²) in [4.78, 5) is 16.7. The zero-order chi connectivity index (χ0) is 24.9. The summed E-state index contributed by atoms with van der Waals surface area (Å²) in [5.41, 5.74) is 6.62. The molecule has 0 radical (unpaired) electrons. The van der Waals surface area contributed by atoms with E-state index in [2.05, 4.69) is 51.8 Å². The Morgan fingerprint density at radius 2 is 1.78 bits per heavy atom. The van der Waals surface area contributed by atoms with Gasteiger partial charge < -0.3 is 14.8 Å². The van der Waals surface area contributed by atoms with Crippen LogP contribution in [0.1, 0.15) is 13.8 Å². The van der Waals surface area contributed by atoms with Gasteiger partial charge in [-0.2, -0.15) is 0 Å². The standard InChI is InChI=1S/C29H29ClN6/c1-3-35(4-2)17-16-32-25-19-29-27(18-26(25)33-22-8-7-15-31-20-22)34-24-9-5-6-10-28(24)36(29)23-13-11-21(30)12-14-23/h5-15,18-20,33H,3-4,16-17H2,1-2H3. The van der Waals surface area contributed by atoms with Crippen LogP contribution in [-0.4, -0.2) is 45.6 Å². The van der Waals surface area contributed by atoms with E-state index in [0.717, 1.165) is 64.5 Å². The third kappa shape index (κ3) is 5.10. The monoisotopic (exact) mass is 496 g/mol. The third-order valence-corrected chi connectivity index (χ3v) is 6.57. The molecular weight excluding hydrogens is 468 g/mol. The second-order valence-corrected chi connectivity index (χ2v) is 8.98. The molecule has 2 aliphatic rings. The molecule has 5 rings (SSSR count). The van der Waals surface area contributed by atoms with Crippen LogP contribution < -0.4 is 10.7 Å². The first kappa shape index (κ1) is 24.0. The molecule has 0 amide bonds. The zero-order valence-electron chi connectivity index (χ0n) is 20.5. The highest BCUT2D eigenvalue weighted by atomic mass is 35.5. The molecule has 7 heteroatoms. The van der Waals surface area contributed by atoms with Crippen LogP contribution in [-0.2, 0) is 0 Å². The van der Waals surface area contributed by atoms with E-state index in [9.17, 15) is 0 Å². The number of anilines is 2. The first-order valence-electron chi connectivity index (χ1n) is 12.3. The van der Waals surface area contributed by atoms with Gasteiger partial charge in [-0.3, -0.25) is 9.98 Å². The van der Waals surface area contributed by atoms with E-state index in [1.165, 1.54) is 0 Å². The van der Waals surface area contributed by atoms with Crippen LogP contribution >= 0.6 is 11.6 Å². The van der Waals surface area contributed by atoms with Crippen LogP contribution in [0.4, 0.5) is 11.4 Å². The fourth-order valence-corrected chi connectivity index (χ4v) is 4.51. The van der Waals surface area contributed by atoms with Crippen molar-refractivity contribution in [3.63, 3.8) is 0 Å². The summed E-state index contributed by atoms with van der Waals surface area (Å²) >= 11 is 6.21. The molecule has 1 aliphatic heterocycles. The van der Waals surface area contributed by atoms with Crippen molar-refractivity contribution in [3.05, 3.63) is 95.6 Å². The number of halogens is 1. The lowest BCUT2D eigenvalue weighted by atomic mass is 10.1. The molecular formula is C29H29ClN6. The van der Waals surface area contributed by atoms with Gasteiger partial charge in [-0.15, -0.1) is 0 Å². The van der Waals surface area contributed by atoms with Crippen LogP contribution in [0, 0.1) is 0 Å². The number of aromatic nitrogens is 3. The number of hydrogen-bond acceptors (Lipinski definition) is 5. The number of hydrogen-bond donors (Lipinski definition) is 1. The van der Waals surface area contributed by atoms with E-state index in [-0.39, 0.29) is 0 Å². The lowest BCUT2D eigenvalue weighted by Crippen LogP contribution is -2.26. The molecule has 0 saturated heterocycles. The Morgan fingerprint density at radius 1 is 0.972 bits per heavy atom. The summed E-state index contributed by atoms with van der Waals surface area (Å²) in [5, 5.41) is 5.10. The second kappa shape index (κ2) is 10.9. The van der Waals surface area contributed by atoms with Crippen LogP contribution in [0.25, 0.3) is 28.1 Å². The van der Waals surface area contributed by atoms with Crippen LogP contribution in [0.15, 0.2) is 90.2 Å². The van der Waals surface area contributed by atoms with Crippen LogP contribution in [0.2, 0.25) is 5.02 Å². The predicted molar refractivity (Wildman–Crippen MR) is 148 cm³/mol. The average Bonchev–Trinajstić information content (AvgIpc) is 2.91. The van der Waals surface area contributed by atoms with E-state index >= 15 is 0 Å². The SMILES string of the molecule is CCN(CC)CCN=c1cc2n(-c3ccc(Cl)cc3)c3ccccc3nc-2cc1Nc1cccnc1. The van der Waals surface area contributed by atoms with Gasteiger partial charge in [0.25, 0.3) is 0 Å². The number of fused-ring (bicyclic) bond motifs is 2. The zero-order valence-corrected chi connectivity index (χ0v) is 21.3. The maximum atomic E-state index is 6.21. The van der Waals surface area contributed by atoms with Crippen molar-refractivity contribution in [2.75, 3.05) is 31.5 Å². The molecule has 182 valence electrons. The average molecular weight is 497 g/mol. The smallest absolute Gasteiger partial charge is 0.0900 e. The van der Waals surface area contributed by atoms with Crippen molar-refractivity contribution in [3.8, 4) is 17.1 Å². The normalized spacial score (nSPS) is 12.1. The lowest BCUT2D eigenvalue weighted by molar-refractivity contribution is 0.312. The van der Waals surface area contributed by atoms with Crippen molar-refractivity contribution >= 4 is 34.0 Å². The van der Waals surface area contributed by atoms with Gasteiger partial charge in [-0.05, 0) is 73.8 Å². The van der Waals surface area contributed by atoms with Crippen molar-refractivity contribution in [2.24, 2.45) is 4.99 Å². The molecule has 1 aliphatic carbocycles. The Hall–Kier alpha value is -3.74. The Balaban J connectivity index is 1.73. The molecule has 0 saturated carbocycles. The van der Waals surface area contributed by atoms with E-state index < -0.39 is 0 Å². The van der Waals surface area contributed by atoms with Gasteiger partial charge in [0.1, 0.15) is 0 Å². The van der Waals surface area contributed by atoms with Crippen LogP contribution in [0.5, 0.6) is 0 Å². The molecule has 6 nitrogen and oxygen atoms in total. The molecule has 2 aromatic carbocycles. The van der Waals surface area contributed by atoms with Gasteiger partial charge >= 0.3 is 0 Å². The van der Waals surface area contributed by atoms with Gasteiger partial charge in [-0.1, -0.05) is 37.6 Å². The fraction of sp³-hybridized carbons (Fsp3) is 0.207. The number of pyridine rings is 1. The summed E-state index contributed by atoms with van der Waals surface area (Å²) in [7, 11) is 0. The topological polar surface area (TPSA) is 58.3 Å². The summed E-state index contributed by atoms with van der Waals surface area (Å²) < 4.78 is 2.23. The molecule has 0 atom stereocenters. The highest BCUT2D eigenvalue weighted by Crippen LogP contribution is 2.30. The van der Waals surface area contributed by atoms with Crippen molar-refractivity contribution in [1.29, 1.82) is 0 Å². The Morgan fingerprint density at radius 3 is 2.53 bits per heavy atom. The summed E-state index contributed by atoms with van der Waals surface area (Å²) in [6.07, 6.45) is 3.58. The minimum Gasteiger partial charge on any atom is -0.352 e. The van der Waals surface area contributed by atoms with Crippen molar-refractivity contribution in [1.82, 2.24) is 19.4 Å². The molecule has 0 fully saturated rings. The summed E-state index contributed by atoms with van der Waals surface area (Å²) in [6.45, 7) is 8.00. The van der Waals surface area contributed by atoms with Gasteiger partial charge in [0.05, 0.1) is 51.9 Å². The number of likely N-dealkylation sites (N-methyl/N-ethyl adjacent to an activating group) is 1. The molecule has 0 spiro atoms. The van der Waals surface area contributed by atoms with Crippen molar-refractivity contribution < 1.29 is 0 Å². The minimum absolute atomic E-state index is 0.705. The molecule has 36 heavy (non-hydrogen) atoms. The number of nitrogens with one attached hydrogen (secondary N) is 1. The summed E-state index contributed by atoms with van der Waals surface area (Å²) in [6, 6.07) is 24.2. The number of rotatable bonds is 8. The van der Waals surface area contributed by atoms with Crippen molar-refractivity contribution in [2.45, 2.75) is 13.8 Å². The van der Waals surface area contributed by atoms with Gasteiger partial charge in [0.15, 0.2) is 0 Å². The second-order valence-electron chi connectivity index (χ2n) is 8.55. The Labute approximate surface area is 216 Å². The lowest BCUT2D eigenvalue weighted by Gasteiger charge is -2.20. The quantitative estimate of drug-likeness (QED) is 0.261. The van der Waals surface area contributed by atoms with E-state index in [1.54, 1.807) is 6.20 Å². The fourth-order valence-electron chi connectivity index (χ4n) is 4.38. The molecule has 0 unspecified atom stereocenters. The first-order chi connectivity index (χ1) is 17.7.